The molecule has 0 bridgehead atoms. The molecule has 0 unspecified atom stereocenters. The molecule has 5 rings (SSSR count). The van der Waals surface area contributed by atoms with Gasteiger partial charge in [-0.2, -0.15) is 0 Å². The van der Waals surface area contributed by atoms with Crippen LogP contribution in [0.25, 0.3) is 33.5 Å². The Balaban J connectivity index is 1.89. The average molecular weight is 312 g/mol. The van der Waals surface area contributed by atoms with Gasteiger partial charge in [-0.05, 0) is 24.3 Å². The zero-order chi connectivity index (χ0) is 16.3. The van der Waals surface area contributed by atoms with Crippen molar-refractivity contribution in [2.75, 3.05) is 0 Å². The van der Waals surface area contributed by atoms with Crippen LogP contribution >= 0.6 is 0 Å². The van der Waals surface area contributed by atoms with E-state index in [2.05, 4.69) is 13.8 Å². The fourth-order valence-electron chi connectivity index (χ4n) is 3.49. The van der Waals surface area contributed by atoms with Crippen molar-refractivity contribution in [1.29, 1.82) is 0 Å². The van der Waals surface area contributed by atoms with Crippen LogP contribution in [0, 0.1) is 0 Å². The van der Waals surface area contributed by atoms with Gasteiger partial charge < -0.3 is 0 Å². The Bertz CT molecular complexity index is 1120. The van der Waals surface area contributed by atoms with E-state index in [1.807, 2.05) is 48.5 Å². The third kappa shape index (κ3) is 1.86. The molecule has 4 aromatic rings. The summed E-state index contributed by atoms with van der Waals surface area (Å²) in [4.78, 5) is 19.5. The minimum atomic E-state index is -0.115. The summed E-state index contributed by atoms with van der Waals surface area (Å²) in [7, 11) is 0. The van der Waals surface area contributed by atoms with Crippen molar-refractivity contribution in [3.05, 3.63) is 59.9 Å². The van der Waals surface area contributed by atoms with Gasteiger partial charge in [0.25, 0.3) is 0 Å². The van der Waals surface area contributed by atoms with Gasteiger partial charge in [-0.1, -0.05) is 38.1 Å². The molecule has 4 nitrogen and oxygen atoms in total. The van der Waals surface area contributed by atoms with Crippen LogP contribution in [0.2, 0.25) is 0 Å². The highest BCUT2D eigenvalue weighted by molar-refractivity contribution is 5.82. The van der Waals surface area contributed by atoms with Crippen LogP contribution < -0.4 is 0 Å². The molecule has 24 heavy (non-hydrogen) atoms. The first kappa shape index (κ1) is 13.5. The van der Waals surface area contributed by atoms with Gasteiger partial charge in [0, 0.05) is 11.8 Å². The van der Waals surface area contributed by atoms with Crippen LogP contribution in [-0.2, 0) is 11.8 Å². The average Bonchev–Trinajstić information content (AvgIpc) is 2.59. The zero-order valence-electron chi connectivity index (χ0n) is 13.6. The second-order valence-corrected chi connectivity index (χ2v) is 6.98. The fourth-order valence-corrected chi connectivity index (χ4v) is 3.49. The number of nitrogens with zero attached hydrogens (tertiary/aromatic N) is 4. The minimum absolute atomic E-state index is 0.115. The third-order valence-corrected chi connectivity index (χ3v) is 4.69. The summed E-state index contributed by atoms with van der Waals surface area (Å²) >= 11 is 0. The predicted octanol–water partition coefficient (Wildman–Crippen LogP) is 4.07. The van der Waals surface area contributed by atoms with Crippen molar-refractivity contribution in [3.8, 4) is 11.4 Å². The third-order valence-electron chi connectivity index (χ3n) is 4.69. The lowest BCUT2D eigenvalue weighted by Crippen LogP contribution is -2.29. The molecular weight excluding hydrogens is 296 g/mol. The molecule has 116 valence electrons. The monoisotopic (exact) mass is 312 g/mol. The molecule has 0 spiro atoms. The molecule has 0 radical (unpaired) electrons. The largest absolute Gasteiger partial charge is 0.249 e. The van der Waals surface area contributed by atoms with Crippen molar-refractivity contribution >= 4 is 22.1 Å². The molecular formula is C20H16N4. The van der Waals surface area contributed by atoms with E-state index in [4.69, 9.17) is 19.9 Å². The topological polar surface area (TPSA) is 51.6 Å². The van der Waals surface area contributed by atoms with Gasteiger partial charge in [0.1, 0.15) is 11.4 Å². The van der Waals surface area contributed by atoms with Gasteiger partial charge in [0.15, 0.2) is 0 Å². The summed E-state index contributed by atoms with van der Waals surface area (Å²) in [6.07, 6.45) is 0.820. The van der Waals surface area contributed by atoms with Gasteiger partial charge in [0.05, 0.1) is 33.5 Å². The summed E-state index contributed by atoms with van der Waals surface area (Å²) < 4.78 is 0. The highest BCUT2D eigenvalue weighted by Crippen LogP contribution is 2.40. The van der Waals surface area contributed by atoms with E-state index in [0.717, 1.165) is 51.3 Å². The fraction of sp³-hybridized carbons (Fsp3) is 0.200. The van der Waals surface area contributed by atoms with E-state index in [9.17, 15) is 0 Å². The van der Waals surface area contributed by atoms with Gasteiger partial charge in [0.2, 0.25) is 0 Å². The Kier molecular flexibility index (Phi) is 2.58. The highest BCUT2D eigenvalue weighted by Gasteiger charge is 2.35. The van der Waals surface area contributed by atoms with Crippen LogP contribution in [0.1, 0.15) is 25.2 Å². The van der Waals surface area contributed by atoms with Crippen molar-refractivity contribution < 1.29 is 0 Å². The van der Waals surface area contributed by atoms with E-state index in [-0.39, 0.29) is 5.41 Å². The van der Waals surface area contributed by atoms with Crippen LogP contribution in [0.4, 0.5) is 0 Å². The molecule has 0 amide bonds. The van der Waals surface area contributed by atoms with E-state index in [1.165, 1.54) is 0 Å². The van der Waals surface area contributed by atoms with E-state index in [0.29, 0.717) is 0 Å². The summed E-state index contributed by atoms with van der Waals surface area (Å²) in [5.74, 6) is 0. The predicted molar refractivity (Wildman–Crippen MR) is 94.8 cm³/mol. The normalized spacial score (nSPS) is 15.2. The van der Waals surface area contributed by atoms with Crippen molar-refractivity contribution in [2.24, 2.45) is 0 Å². The maximum absolute atomic E-state index is 4.92. The van der Waals surface area contributed by atoms with Crippen LogP contribution in [-0.4, -0.2) is 19.9 Å². The Morgan fingerprint density at radius 2 is 1.17 bits per heavy atom. The number of fused-ring (bicyclic) bond motifs is 5. The maximum atomic E-state index is 4.92. The Hall–Kier alpha value is -2.88. The first-order valence-electron chi connectivity index (χ1n) is 8.15. The van der Waals surface area contributed by atoms with Crippen LogP contribution in [0.15, 0.2) is 48.5 Å². The second kappa shape index (κ2) is 4.57. The molecule has 2 aromatic heterocycles. The lowest BCUT2D eigenvalue weighted by molar-refractivity contribution is 0.492. The number of hydrogen-bond acceptors (Lipinski definition) is 4. The smallest absolute Gasteiger partial charge is 0.113 e. The molecule has 0 aliphatic heterocycles. The summed E-state index contributed by atoms with van der Waals surface area (Å²) in [5, 5.41) is 0. The van der Waals surface area contributed by atoms with E-state index < -0.39 is 0 Å². The standard InChI is InChI=1S/C20H16N4/c1-20(2)11-16-17(22-13-8-4-3-7-12(13)21-16)18-19(20)24-15-10-6-5-9-14(15)23-18/h3-10H,11H2,1-2H3. The highest BCUT2D eigenvalue weighted by atomic mass is 14.9. The van der Waals surface area contributed by atoms with Crippen LogP contribution in [0.5, 0.6) is 0 Å². The Labute approximate surface area is 139 Å². The molecule has 0 N–H and O–H groups in total. The van der Waals surface area contributed by atoms with Crippen LogP contribution in [0.3, 0.4) is 0 Å². The number of para-hydroxylation sites is 4. The Morgan fingerprint density at radius 1 is 0.667 bits per heavy atom. The summed E-state index contributed by atoms with van der Waals surface area (Å²) in [5.41, 5.74) is 7.32. The van der Waals surface area contributed by atoms with E-state index >= 15 is 0 Å². The minimum Gasteiger partial charge on any atom is -0.249 e. The SMILES string of the molecule is CC1(C)Cc2nc3ccccc3nc2-c2nc3ccccc3nc21. The molecule has 0 fully saturated rings. The molecule has 1 aliphatic carbocycles. The maximum Gasteiger partial charge on any atom is 0.113 e. The van der Waals surface area contributed by atoms with Gasteiger partial charge >= 0.3 is 0 Å². The first-order chi connectivity index (χ1) is 11.6. The number of hydrogen-bond donors (Lipinski definition) is 0. The number of benzene rings is 2. The van der Waals surface area contributed by atoms with Crippen molar-refractivity contribution in [2.45, 2.75) is 25.7 Å². The summed E-state index contributed by atoms with van der Waals surface area (Å²) in [6, 6.07) is 16.0. The summed E-state index contributed by atoms with van der Waals surface area (Å²) in [6.45, 7) is 4.41. The van der Waals surface area contributed by atoms with Gasteiger partial charge in [-0.15, -0.1) is 0 Å². The lowest BCUT2D eigenvalue weighted by Gasteiger charge is -2.31. The number of rotatable bonds is 0. The van der Waals surface area contributed by atoms with E-state index in [1.54, 1.807) is 0 Å². The second-order valence-electron chi connectivity index (χ2n) is 6.98. The zero-order valence-corrected chi connectivity index (χ0v) is 13.6. The van der Waals surface area contributed by atoms with Gasteiger partial charge in [-0.3, -0.25) is 0 Å². The molecule has 0 atom stereocenters. The first-order valence-corrected chi connectivity index (χ1v) is 8.15. The molecule has 2 aromatic carbocycles. The quantitative estimate of drug-likeness (QED) is 0.491. The lowest BCUT2D eigenvalue weighted by atomic mass is 9.77. The Morgan fingerprint density at radius 3 is 1.79 bits per heavy atom. The molecule has 0 saturated carbocycles. The number of aromatic nitrogens is 4. The molecule has 4 heteroatoms. The molecule has 0 saturated heterocycles. The van der Waals surface area contributed by atoms with Crippen molar-refractivity contribution in [3.63, 3.8) is 0 Å². The molecule has 1 aliphatic rings. The molecule has 2 heterocycles. The van der Waals surface area contributed by atoms with Crippen molar-refractivity contribution in [1.82, 2.24) is 19.9 Å². The van der Waals surface area contributed by atoms with Gasteiger partial charge in [-0.25, -0.2) is 19.9 Å².